The van der Waals surface area contributed by atoms with Crippen molar-refractivity contribution in [3.8, 4) is 17.1 Å². The third kappa shape index (κ3) is 4.65. The van der Waals surface area contributed by atoms with Gasteiger partial charge in [-0.25, -0.2) is 4.98 Å². The average molecular weight is 434 g/mol. The predicted octanol–water partition coefficient (Wildman–Crippen LogP) is 3.81. The van der Waals surface area contributed by atoms with Crippen LogP contribution in [-0.2, 0) is 11.3 Å². The largest absolute Gasteiger partial charge is 0.473 e. The third-order valence-corrected chi connectivity index (χ3v) is 5.87. The second-order valence-corrected chi connectivity index (χ2v) is 8.37. The Morgan fingerprint density at radius 3 is 2.62 bits per heavy atom. The van der Waals surface area contributed by atoms with Crippen molar-refractivity contribution in [2.24, 2.45) is 0 Å². The summed E-state index contributed by atoms with van der Waals surface area (Å²) in [6, 6.07) is 7.55. The van der Waals surface area contributed by atoms with Gasteiger partial charge in [0.05, 0.1) is 11.1 Å². The molecule has 1 saturated heterocycles. The van der Waals surface area contributed by atoms with E-state index in [1.165, 1.54) is 0 Å². The minimum Gasteiger partial charge on any atom is -0.473 e. The van der Waals surface area contributed by atoms with Crippen LogP contribution in [0.15, 0.2) is 41.2 Å². The Kier molecular flexibility index (Phi) is 5.85. The third-order valence-electron chi connectivity index (χ3n) is 5.87. The zero-order valence-corrected chi connectivity index (χ0v) is 18.0. The van der Waals surface area contributed by atoms with E-state index in [1.807, 2.05) is 19.1 Å². The van der Waals surface area contributed by atoms with Gasteiger partial charge in [0.15, 0.2) is 0 Å². The van der Waals surface area contributed by atoms with Crippen molar-refractivity contribution < 1.29 is 18.8 Å². The van der Waals surface area contributed by atoms with E-state index in [9.17, 15) is 4.79 Å². The van der Waals surface area contributed by atoms with Crippen molar-refractivity contribution in [3.05, 3.63) is 59.2 Å². The van der Waals surface area contributed by atoms with Gasteiger partial charge >= 0.3 is 0 Å². The highest BCUT2D eigenvalue weighted by molar-refractivity contribution is 5.94. The number of hydrogen-bond donors (Lipinski definition) is 1. The molecule has 8 heteroatoms. The minimum atomic E-state index is -0.125. The first-order valence-electron chi connectivity index (χ1n) is 11.1. The molecular formula is C24H26N4O4. The van der Waals surface area contributed by atoms with E-state index in [1.54, 1.807) is 24.5 Å². The average Bonchev–Trinajstić information content (AvgIpc) is 3.58. The molecule has 0 unspecified atom stereocenters. The molecule has 2 fully saturated rings. The van der Waals surface area contributed by atoms with E-state index >= 15 is 0 Å². The van der Waals surface area contributed by atoms with Gasteiger partial charge in [0.25, 0.3) is 5.91 Å². The van der Waals surface area contributed by atoms with Crippen LogP contribution in [0.5, 0.6) is 5.88 Å². The van der Waals surface area contributed by atoms with Crippen LogP contribution < -0.4 is 10.1 Å². The molecule has 0 atom stereocenters. The van der Waals surface area contributed by atoms with Crippen LogP contribution in [0.4, 0.5) is 0 Å². The van der Waals surface area contributed by atoms with E-state index in [0.29, 0.717) is 37.2 Å². The molecule has 1 amide bonds. The Morgan fingerprint density at radius 1 is 1.09 bits per heavy atom. The number of carbonyl (C=O) groups excluding carboxylic acids is 1. The number of hydrogen-bond acceptors (Lipinski definition) is 7. The standard InChI is InChI=1S/C24H26N4O4/c1-15-2-3-17(12-25-15)22-20(23(32-28-22)16-4-5-16)14-31-21-7-6-18(13-26-21)24(29)27-19-8-10-30-11-9-19/h2-3,6-7,12-13,16,19H,4-5,8-11,14H2,1H3,(H,27,29). The summed E-state index contributed by atoms with van der Waals surface area (Å²) in [5.41, 5.74) is 4.05. The van der Waals surface area contributed by atoms with Crippen LogP contribution in [0.1, 0.15) is 59.0 Å². The molecule has 0 spiro atoms. The van der Waals surface area contributed by atoms with Crippen LogP contribution in [-0.4, -0.2) is 40.3 Å². The van der Waals surface area contributed by atoms with Gasteiger partial charge in [-0.2, -0.15) is 0 Å². The predicted molar refractivity (Wildman–Crippen MR) is 116 cm³/mol. The van der Waals surface area contributed by atoms with Gasteiger partial charge in [-0.3, -0.25) is 9.78 Å². The molecule has 1 N–H and O–H groups in total. The van der Waals surface area contributed by atoms with Crippen molar-refractivity contribution in [1.29, 1.82) is 0 Å². The molecule has 5 rings (SSSR count). The summed E-state index contributed by atoms with van der Waals surface area (Å²) in [6.45, 7) is 3.61. The maximum Gasteiger partial charge on any atom is 0.253 e. The number of pyridine rings is 2. The molecule has 1 aliphatic carbocycles. The fraction of sp³-hybridized carbons (Fsp3) is 0.417. The monoisotopic (exact) mass is 434 g/mol. The first-order chi connectivity index (χ1) is 15.7. The van der Waals surface area contributed by atoms with Crippen LogP contribution in [0.25, 0.3) is 11.3 Å². The summed E-state index contributed by atoms with van der Waals surface area (Å²) >= 11 is 0. The number of nitrogens with one attached hydrogen (secondary N) is 1. The van der Waals surface area contributed by atoms with Crippen LogP contribution in [0.3, 0.4) is 0 Å². The van der Waals surface area contributed by atoms with Crippen molar-refractivity contribution in [1.82, 2.24) is 20.4 Å². The summed E-state index contributed by atoms with van der Waals surface area (Å²) in [4.78, 5) is 21.2. The summed E-state index contributed by atoms with van der Waals surface area (Å²) in [7, 11) is 0. The lowest BCUT2D eigenvalue weighted by atomic mass is 10.1. The summed E-state index contributed by atoms with van der Waals surface area (Å²) in [5.74, 6) is 1.61. The summed E-state index contributed by atoms with van der Waals surface area (Å²) < 4.78 is 17.0. The topological polar surface area (TPSA) is 99.4 Å². The van der Waals surface area contributed by atoms with Crippen LogP contribution in [0, 0.1) is 6.92 Å². The van der Waals surface area contributed by atoms with Gasteiger partial charge in [-0.1, -0.05) is 5.16 Å². The van der Waals surface area contributed by atoms with Crippen molar-refractivity contribution in [2.75, 3.05) is 13.2 Å². The van der Waals surface area contributed by atoms with Crippen molar-refractivity contribution >= 4 is 5.91 Å². The lowest BCUT2D eigenvalue weighted by molar-refractivity contribution is 0.0696. The van der Waals surface area contributed by atoms with E-state index in [2.05, 4.69) is 20.4 Å². The van der Waals surface area contributed by atoms with Gasteiger partial charge in [-0.15, -0.1) is 0 Å². The number of carbonyl (C=O) groups is 1. The van der Waals surface area contributed by atoms with Gasteiger partial charge in [-0.05, 0) is 50.8 Å². The lowest BCUT2D eigenvalue weighted by Crippen LogP contribution is -2.38. The normalized spacial score (nSPS) is 16.7. The van der Waals surface area contributed by atoms with E-state index in [-0.39, 0.29) is 11.9 Å². The van der Waals surface area contributed by atoms with E-state index in [4.69, 9.17) is 14.0 Å². The fourth-order valence-electron chi connectivity index (χ4n) is 3.82. The minimum absolute atomic E-state index is 0.125. The van der Waals surface area contributed by atoms with Crippen LogP contribution in [0.2, 0.25) is 0 Å². The van der Waals surface area contributed by atoms with Gasteiger partial charge in [0, 0.05) is 54.9 Å². The number of nitrogens with zero attached hydrogens (tertiary/aromatic N) is 3. The van der Waals surface area contributed by atoms with Crippen LogP contribution >= 0.6 is 0 Å². The second-order valence-electron chi connectivity index (χ2n) is 8.37. The highest BCUT2D eigenvalue weighted by Gasteiger charge is 2.33. The number of ether oxygens (including phenoxy) is 2. The van der Waals surface area contributed by atoms with Gasteiger partial charge in [0.2, 0.25) is 5.88 Å². The number of aromatic nitrogens is 3. The molecular weight excluding hydrogens is 408 g/mol. The van der Waals surface area contributed by atoms with Crippen molar-refractivity contribution in [2.45, 2.75) is 51.2 Å². The molecule has 4 heterocycles. The first-order valence-corrected chi connectivity index (χ1v) is 11.1. The Hall–Kier alpha value is -3.26. The maximum atomic E-state index is 12.5. The van der Waals surface area contributed by atoms with Crippen molar-refractivity contribution in [3.63, 3.8) is 0 Å². The number of amides is 1. The molecule has 8 nitrogen and oxygen atoms in total. The highest BCUT2D eigenvalue weighted by Crippen LogP contribution is 2.44. The molecule has 1 aliphatic heterocycles. The first kappa shape index (κ1) is 20.6. The molecule has 0 aromatic carbocycles. The number of aryl methyl sites for hydroxylation is 1. The smallest absolute Gasteiger partial charge is 0.253 e. The molecule has 32 heavy (non-hydrogen) atoms. The molecule has 3 aromatic rings. The molecule has 2 aliphatic rings. The highest BCUT2D eigenvalue weighted by atomic mass is 16.5. The Bertz CT molecular complexity index is 1070. The van der Waals surface area contributed by atoms with Gasteiger partial charge in [0.1, 0.15) is 18.1 Å². The quantitative estimate of drug-likeness (QED) is 0.604. The van der Waals surface area contributed by atoms with E-state index < -0.39 is 0 Å². The molecule has 1 saturated carbocycles. The second kappa shape index (κ2) is 9.08. The Balaban J connectivity index is 1.27. The van der Waals surface area contributed by atoms with E-state index in [0.717, 1.165) is 54.0 Å². The SMILES string of the molecule is Cc1ccc(-c2noc(C3CC3)c2COc2ccc(C(=O)NC3CCOCC3)cn2)cn1. The number of rotatable bonds is 7. The lowest BCUT2D eigenvalue weighted by Gasteiger charge is -2.23. The Morgan fingerprint density at radius 2 is 1.94 bits per heavy atom. The summed E-state index contributed by atoms with van der Waals surface area (Å²) in [5, 5.41) is 7.34. The maximum absolute atomic E-state index is 12.5. The molecule has 0 bridgehead atoms. The summed E-state index contributed by atoms with van der Waals surface area (Å²) in [6.07, 6.45) is 7.22. The molecule has 0 radical (unpaired) electrons. The fourth-order valence-corrected chi connectivity index (χ4v) is 3.82. The zero-order chi connectivity index (χ0) is 21.9. The van der Waals surface area contributed by atoms with Gasteiger partial charge < -0.3 is 19.3 Å². The Labute approximate surface area is 186 Å². The molecule has 166 valence electrons. The molecule has 3 aromatic heterocycles. The zero-order valence-electron chi connectivity index (χ0n) is 18.0.